The van der Waals surface area contributed by atoms with Crippen molar-refractivity contribution in [1.82, 2.24) is 0 Å². The van der Waals surface area contributed by atoms with E-state index in [4.69, 9.17) is 5.73 Å². The maximum Gasteiger partial charge on any atom is 0.231 e. The lowest BCUT2D eigenvalue weighted by Gasteiger charge is -2.21. The van der Waals surface area contributed by atoms with Gasteiger partial charge >= 0.3 is 0 Å². The Bertz CT molecular complexity index is 690. The number of nitrogens with one attached hydrogen (secondary N) is 1. The van der Waals surface area contributed by atoms with Gasteiger partial charge in [-0.3, -0.25) is 9.59 Å². The van der Waals surface area contributed by atoms with Gasteiger partial charge in [0, 0.05) is 24.3 Å². The van der Waals surface area contributed by atoms with Crippen LogP contribution in [0, 0.1) is 0 Å². The van der Waals surface area contributed by atoms with E-state index in [-0.39, 0.29) is 24.2 Å². The van der Waals surface area contributed by atoms with E-state index in [0.29, 0.717) is 32.4 Å². The highest BCUT2D eigenvalue weighted by molar-refractivity contribution is 5.95. The van der Waals surface area contributed by atoms with Gasteiger partial charge in [-0.25, -0.2) is 0 Å². The maximum absolute atomic E-state index is 12.6. The smallest absolute Gasteiger partial charge is 0.231 e. The van der Waals surface area contributed by atoms with E-state index in [1.54, 1.807) is 4.90 Å². The average molecular weight is 376 g/mol. The summed E-state index contributed by atoms with van der Waals surface area (Å²) in [5.41, 5.74) is 7.95. The van der Waals surface area contributed by atoms with Crippen molar-refractivity contribution >= 4 is 35.6 Å². The Kier molecular flexibility index (Phi) is 9.41. The normalized spacial score (nSPS) is 9.92. The first-order chi connectivity index (χ1) is 12.1. The van der Waals surface area contributed by atoms with Crippen LogP contribution in [0.5, 0.6) is 0 Å². The van der Waals surface area contributed by atoms with Crippen molar-refractivity contribution in [3.05, 3.63) is 60.2 Å². The molecular weight excluding hydrogens is 350 g/mol. The lowest BCUT2D eigenvalue weighted by molar-refractivity contribution is -0.118. The molecule has 0 unspecified atom stereocenters. The first-order valence-corrected chi connectivity index (χ1v) is 8.58. The molecule has 26 heavy (non-hydrogen) atoms. The predicted molar refractivity (Wildman–Crippen MR) is 109 cm³/mol. The Morgan fingerprint density at radius 2 is 1.69 bits per heavy atom. The molecule has 0 atom stereocenters. The highest BCUT2D eigenvalue weighted by atomic mass is 35.5. The summed E-state index contributed by atoms with van der Waals surface area (Å²) in [7, 11) is 0. The minimum atomic E-state index is -0.0458. The molecule has 0 aliphatic carbocycles. The number of rotatable bonds is 8. The summed E-state index contributed by atoms with van der Waals surface area (Å²) >= 11 is 0. The van der Waals surface area contributed by atoms with Crippen molar-refractivity contribution in [1.29, 1.82) is 0 Å². The molecule has 2 rings (SSSR count). The molecule has 0 aromatic heterocycles. The minimum absolute atomic E-state index is 0. The summed E-state index contributed by atoms with van der Waals surface area (Å²) in [6.45, 7) is 3.09. The van der Waals surface area contributed by atoms with Gasteiger partial charge < -0.3 is 16.0 Å². The predicted octanol–water partition coefficient (Wildman–Crippen LogP) is 3.38. The molecule has 2 amide bonds. The van der Waals surface area contributed by atoms with E-state index in [2.05, 4.69) is 5.32 Å². The van der Waals surface area contributed by atoms with Gasteiger partial charge in [0.25, 0.3) is 0 Å². The second-order valence-corrected chi connectivity index (χ2v) is 5.79. The maximum atomic E-state index is 12.6. The van der Waals surface area contributed by atoms with Gasteiger partial charge in [-0.1, -0.05) is 30.3 Å². The molecule has 0 spiro atoms. The number of nitrogens with two attached hydrogens (primary N) is 1. The van der Waals surface area contributed by atoms with Crippen LogP contribution in [0.1, 0.15) is 25.3 Å². The van der Waals surface area contributed by atoms with Crippen LogP contribution in [0.25, 0.3) is 0 Å². The molecule has 140 valence electrons. The van der Waals surface area contributed by atoms with E-state index in [1.807, 2.05) is 61.5 Å². The lowest BCUT2D eigenvalue weighted by Crippen LogP contribution is -2.31. The molecular formula is C20H26ClN3O2. The van der Waals surface area contributed by atoms with Gasteiger partial charge in [0.05, 0.1) is 6.42 Å². The number of hydrogen-bond donors (Lipinski definition) is 2. The Labute approximate surface area is 161 Å². The number of para-hydroxylation sites is 1. The number of carbonyl (C=O) groups excluding carboxylic acids is 2. The fourth-order valence-corrected chi connectivity index (χ4v) is 2.57. The Morgan fingerprint density at radius 1 is 1.04 bits per heavy atom. The second-order valence-electron chi connectivity index (χ2n) is 5.79. The Hall–Kier alpha value is -2.37. The van der Waals surface area contributed by atoms with Gasteiger partial charge in [-0.15, -0.1) is 12.4 Å². The summed E-state index contributed by atoms with van der Waals surface area (Å²) in [4.78, 5) is 26.0. The summed E-state index contributed by atoms with van der Waals surface area (Å²) in [5.74, 6) is 0.00365. The minimum Gasteiger partial charge on any atom is -0.330 e. The van der Waals surface area contributed by atoms with Crippen LogP contribution in [0.3, 0.4) is 0 Å². The van der Waals surface area contributed by atoms with Crippen LogP contribution in [-0.4, -0.2) is 24.9 Å². The molecule has 0 radical (unpaired) electrons. The van der Waals surface area contributed by atoms with Gasteiger partial charge in [0.2, 0.25) is 11.8 Å². The molecule has 2 aromatic carbocycles. The van der Waals surface area contributed by atoms with Crippen LogP contribution in [0.2, 0.25) is 0 Å². The van der Waals surface area contributed by atoms with Gasteiger partial charge in [0.15, 0.2) is 0 Å². The molecule has 0 fully saturated rings. The molecule has 0 saturated carbocycles. The van der Waals surface area contributed by atoms with Crippen LogP contribution in [-0.2, 0) is 16.0 Å². The fraction of sp³-hybridized carbons (Fsp3) is 0.300. The molecule has 0 saturated heterocycles. The van der Waals surface area contributed by atoms with E-state index < -0.39 is 0 Å². The summed E-state index contributed by atoms with van der Waals surface area (Å²) in [6.07, 6.45) is 1.41. The standard InChI is InChI=1S/C20H25N3O2.ClH/c1-2-23(18-7-4-3-5-8-18)20(25)15-16-10-12-17(13-11-16)22-19(24)9-6-14-21;/h3-5,7-8,10-13H,2,6,9,14-15,21H2,1H3,(H,22,24);1H. The SMILES string of the molecule is CCN(C(=O)Cc1ccc(NC(=O)CCCN)cc1)c1ccccc1.Cl. The molecule has 5 nitrogen and oxygen atoms in total. The van der Waals surface area contributed by atoms with Crippen molar-refractivity contribution in [2.24, 2.45) is 5.73 Å². The summed E-state index contributed by atoms with van der Waals surface area (Å²) in [5, 5.41) is 2.83. The van der Waals surface area contributed by atoms with Crippen molar-refractivity contribution in [2.75, 3.05) is 23.3 Å². The third-order valence-electron chi connectivity index (χ3n) is 3.89. The summed E-state index contributed by atoms with van der Waals surface area (Å²) in [6, 6.07) is 17.0. The first-order valence-electron chi connectivity index (χ1n) is 8.58. The van der Waals surface area contributed by atoms with Gasteiger partial charge in [0.1, 0.15) is 0 Å². The lowest BCUT2D eigenvalue weighted by atomic mass is 10.1. The average Bonchev–Trinajstić information content (AvgIpc) is 2.63. The third-order valence-corrected chi connectivity index (χ3v) is 3.89. The highest BCUT2D eigenvalue weighted by Crippen LogP contribution is 2.16. The van der Waals surface area contributed by atoms with Crippen molar-refractivity contribution in [3.8, 4) is 0 Å². The molecule has 0 aliphatic heterocycles. The molecule has 0 bridgehead atoms. The summed E-state index contributed by atoms with van der Waals surface area (Å²) < 4.78 is 0. The first kappa shape index (κ1) is 21.7. The number of amides is 2. The number of benzene rings is 2. The number of carbonyl (C=O) groups is 2. The number of nitrogens with zero attached hydrogens (tertiary/aromatic N) is 1. The Balaban J connectivity index is 0.00000338. The van der Waals surface area contributed by atoms with Gasteiger partial charge in [-0.2, -0.15) is 0 Å². The topological polar surface area (TPSA) is 75.4 Å². The second kappa shape index (κ2) is 11.3. The number of anilines is 2. The van der Waals surface area contributed by atoms with Crippen LogP contribution in [0.15, 0.2) is 54.6 Å². The molecule has 3 N–H and O–H groups in total. The zero-order valence-electron chi connectivity index (χ0n) is 15.0. The van der Waals surface area contributed by atoms with Crippen LogP contribution >= 0.6 is 12.4 Å². The van der Waals surface area contributed by atoms with Crippen molar-refractivity contribution < 1.29 is 9.59 Å². The van der Waals surface area contributed by atoms with Crippen LogP contribution in [0.4, 0.5) is 11.4 Å². The number of hydrogen-bond acceptors (Lipinski definition) is 3. The molecule has 0 aliphatic rings. The Morgan fingerprint density at radius 3 is 2.27 bits per heavy atom. The van der Waals surface area contributed by atoms with E-state index in [0.717, 1.165) is 16.9 Å². The van der Waals surface area contributed by atoms with E-state index in [1.165, 1.54) is 0 Å². The van der Waals surface area contributed by atoms with Crippen molar-refractivity contribution in [2.45, 2.75) is 26.2 Å². The zero-order chi connectivity index (χ0) is 18.1. The van der Waals surface area contributed by atoms with E-state index in [9.17, 15) is 9.59 Å². The fourth-order valence-electron chi connectivity index (χ4n) is 2.57. The number of likely N-dealkylation sites (N-methyl/N-ethyl adjacent to an activating group) is 1. The van der Waals surface area contributed by atoms with Crippen LogP contribution < -0.4 is 16.0 Å². The van der Waals surface area contributed by atoms with Crippen molar-refractivity contribution in [3.63, 3.8) is 0 Å². The molecule has 0 heterocycles. The zero-order valence-corrected chi connectivity index (χ0v) is 15.8. The quantitative estimate of drug-likeness (QED) is 0.742. The number of halogens is 1. The molecule has 2 aromatic rings. The highest BCUT2D eigenvalue weighted by Gasteiger charge is 2.14. The third kappa shape index (κ3) is 6.50. The molecule has 6 heteroatoms. The van der Waals surface area contributed by atoms with E-state index >= 15 is 0 Å². The monoisotopic (exact) mass is 375 g/mol. The largest absolute Gasteiger partial charge is 0.330 e. The van der Waals surface area contributed by atoms with Gasteiger partial charge in [-0.05, 0) is 49.7 Å².